The van der Waals surface area contributed by atoms with Crippen molar-refractivity contribution in [3.05, 3.63) is 29.3 Å². The lowest BCUT2D eigenvalue weighted by atomic mass is 9.77. The van der Waals surface area contributed by atoms with Gasteiger partial charge in [-0.25, -0.2) is 0 Å². The van der Waals surface area contributed by atoms with E-state index in [1.54, 1.807) is 6.07 Å². The Labute approximate surface area is 91.1 Å². The molecular formula is C13H19NO. The van der Waals surface area contributed by atoms with Gasteiger partial charge in [0.25, 0.3) is 0 Å². The number of hydrogen-bond acceptors (Lipinski definition) is 2. The van der Waals surface area contributed by atoms with Crippen LogP contribution in [0.4, 0.5) is 0 Å². The molecule has 1 aliphatic rings. The molecule has 0 bridgehead atoms. The van der Waals surface area contributed by atoms with Gasteiger partial charge in [-0.15, -0.1) is 0 Å². The molecule has 0 aromatic heterocycles. The third-order valence-corrected chi connectivity index (χ3v) is 3.43. The molecular weight excluding hydrogens is 186 g/mol. The molecule has 0 unspecified atom stereocenters. The predicted molar refractivity (Wildman–Crippen MR) is 61.8 cm³/mol. The van der Waals surface area contributed by atoms with E-state index in [-0.39, 0.29) is 5.54 Å². The first-order chi connectivity index (χ1) is 7.12. The van der Waals surface area contributed by atoms with Crippen LogP contribution in [0.1, 0.15) is 43.2 Å². The van der Waals surface area contributed by atoms with Gasteiger partial charge in [0.2, 0.25) is 0 Å². The third kappa shape index (κ3) is 2.00. The monoisotopic (exact) mass is 205 g/mol. The number of rotatable bonds is 1. The minimum absolute atomic E-state index is 0.297. The van der Waals surface area contributed by atoms with E-state index in [1.807, 2.05) is 19.1 Å². The Morgan fingerprint density at radius 2 is 1.87 bits per heavy atom. The lowest BCUT2D eigenvalue weighted by Gasteiger charge is -2.34. The van der Waals surface area contributed by atoms with Crippen LogP contribution in [-0.4, -0.2) is 5.11 Å². The lowest BCUT2D eigenvalue weighted by molar-refractivity contribution is 0.292. The highest BCUT2D eigenvalue weighted by Gasteiger charge is 2.31. The summed E-state index contributed by atoms with van der Waals surface area (Å²) in [7, 11) is 0. The zero-order valence-corrected chi connectivity index (χ0v) is 9.29. The highest BCUT2D eigenvalue weighted by molar-refractivity contribution is 5.40. The predicted octanol–water partition coefficient (Wildman–Crippen LogP) is 2.82. The molecule has 82 valence electrons. The Morgan fingerprint density at radius 3 is 2.53 bits per heavy atom. The summed E-state index contributed by atoms with van der Waals surface area (Å²) in [4.78, 5) is 0. The van der Waals surface area contributed by atoms with Gasteiger partial charge in [-0.2, -0.15) is 0 Å². The first-order valence-electron chi connectivity index (χ1n) is 5.71. The van der Waals surface area contributed by atoms with Gasteiger partial charge in [0.05, 0.1) is 0 Å². The van der Waals surface area contributed by atoms with Gasteiger partial charge >= 0.3 is 0 Å². The first kappa shape index (κ1) is 10.5. The normalized spacial score (nSPS) is 20.1. The highest BCUT2D eigenvalue weighted by Crippen LogP contribution is 2.39. The standard InChI is InChI=1S/C13H19NO/c1-10-5-6-12(15)11(9-10)13(14)7-3-2-4-8-13/h5-6,9,15H,2-4,7-8,14H2,1H3. The van der Waals surface area contributed by atoms with Gasteiger partial charge in [0.15, 0.2) is 0 Å². The fourth-order valence-electron chi connectivity index (χ4n) is 2.50. The van der Waals surface area contributed by atoms with E-state index in [9.17, 15) is 5.11 Å². The minimum atomic E-state index is -0.297. The van der Waals surface area contributed by atoms with Crippen LogP contribution in [0.3, 0.4) is 0 Å². The zero-order chi connectivity index (χ0) is 10.9. The summed E-state index contributed by atoms with van der Waals surface area (Å²) in [6, 6.07) is 5.71. The van der Waals surface area contributed by atoms with E-state index in [4.69, 9.17) is 5.73 Å². The molecule has 0 saturated heterocycles. The molecule has 0 radical (unpaired) electrons. The Bertz CT molecular complexity index is 354. The second-order valence-electron chi connectivity index (χ2n) is 4.74. The van der Waals surface area contributed by atoms with Gasteiger partial charge in [0.1, 0.15) is 5.75 Å². The molecule has 0 spiro atoms. The summed E-state index contributed by atoms with van der Waals surface area (Å²) in [5.74, 6) is 0.352. The van der Waals surface area contributed by atoms with E-state index in [0.29, 0.717) is 5.75 Å². The number of phenolic OH excluding ortho intramolecular Hbond substituents is 1. The number of hydrogen-bond donors (Lipinski definition) is 2. The number of phenols is 1. The second-order valence-corrected chi connectivity index (χ2v) is 4.74. The van der Waals surface area contributed by atoms with Gasteiger partial charge in [-0.05, 0) is 25.8 Å². The van der Waals surface area contributed by atoms with Crippen LogP contribution < -0.4 is 5.73 Å². The lowest BCUT2D eigenvalue weighted by Crippen LogP contribution is -2.38. The maximum Gasteiger partial charge on any atom is 0.120 e. The van der Waals surface area contributed by atoms with Gasteiger partial charge < -0.3 is 10.8 Å². The fourth-order valence-corrected chi connectivity index (χ4v) is 2.50. The van der Waals surface area contributed by atoms with Crippen LogP contribution in [0.25, 0.3) is 0 Å². The molecule has 0 amide bonds. The van der Waals surface area contributed by atoms with Crippen molar-refractivity contribution in [3.8, 4) is 5.75 Å². The van der Waals surface area contributed by atoms with Crippen molar-refractivity contribution in [1.82, 2.24) is 0 Å². The number of nitrogens with two attached hydrogens (primary N) is 1. The van der Waals surface area contributed by atoms with Crippen molar-refractivity contribution < 1.29 is 5.11 Å². The summed E-state index contributed by atoms with van der Waals surface area (Å²) in [5, 5.41) is 9.87. The molecule has 1 fully saturated rings. The Hall–Kier alpha value is -1.02. The molecule has 1 saturated carbocycles. The largest absolute Gasteiger partial charge is 0.508 e. The molecule has 0 atom stereocenters. The molecule has 0 aliphatic heterocycles. The first-order valence-corrected chi connectivity index (χ1v) is 5.71. The minimum Gasteiger partial charge on any atom is -0.508 e. The smallest absolute Gasteiger partial charge is 0.120 e. The number of benzene rings is 1. The van der Waals surface area contributed by atoms with Gasteiger partial charge in [0, 0.05) is 11.1 Å². The summed E-state index contributed by atoms with van der Waals surface area (Å²) < 4.78 is 0. The SMILES string of the molecule is Cc1ccc(O)c(C2(N)CCCCC2)c1. The van der Waals surface area contributed by atoms with Crippen LogP contribution in [0, 0.1) is 6.92 Å². The molecule has 1 aromatic rings. The van der Waals surface area contributed by atoms with Crippen molar-refractivity contribution in [2.45, 2.75) is 44.6 Å². The average molecular weight is 205 g/mol. The maximum absolute atomic E-state index is 9.87. The van der Waals surface area contributed by atoms with Crippen molar-refractivity contribution in [2.75, 3.05) is 0 Å². The Kier molecular flexibility index (Phi) is 2.70. The third-order valence-electron chi connectivity index (χ3n) is 3.43. The van der Waals surface area contributed by atoms with E-state index in [2.05, 4.69) is 0 Å². The van der Waals surface area contributed by atoms with Gasteiger partial charge in [-0.1, -0.05) is 37.0 Å². The maximum atomic E-state index is 9.87. The molecule has 2 rings (SSSR count). The van der Waals surface area contributed by atoms with Crippen LogP contribution in [0.2, 0.25) is 0 Å². The second kappa shape index (κ2) is 3.86. The van der Waals surface area contributed by atoms with Crippen LogP contribution in [0.5, 0.6) is 5.75 Å². The van der Waals surface area contributed by atoms with Crippen LogP contribution in [-0.2, 0) is 5.54 Å². The molecule has 1 aromatic carbocycles. The van der Waals surface area contributed by atoms with Gasteiger partial charge in [-0.3, -0.25) is 0 Å². The number of aromatic hydroxyl groups is 1. The van der Waals surface area contributed by atoms with Crippen molar-refractivity contribution in [2.24, 2.45) is 5.73 Å². The topological polar surface area (TPSA) is 46.2 Å². The molecule has 3 N–H and O–H groups in total. The van der Waals surface area contributed by atoms with Crippen molar-refractivity contribution in [1.29, 1.82) is 0 Å². The summed E-state index contributed by atoms with van der Waals surface area (Å²) in [6.45, 7) is 2.04. The molecule has 1 aliphatic carbocycles. The summed E-state index contributed by atoms with van der Waals surface area (Å²) >= 11 is 0. The molecule has 2 heteroatoms. The summed E-state index contributed by atoms with van der Waals surface area (Å²) in [6.07, 6.45) is 5.59. The van der Waals surface area contributed by atoms with E-state index < -0.39 is 0 Å². The Morgan fingerprint density at radius 1 is 1.20 bits per heavy atom. The quantitative estimate of drug-likeness (QED) is 0.740. The highest BCUT2D eigenvalue weighted by atomic mass is 16.3. The fraction of sp³-hybridized carbons (Fsp3) is 0.538. The molecule has 15 heavy (non-hydrogen) atoms. The summed E-state index contributed by atoms with van der Waals surface area (Å²) in [5.41, 5.74) is 8.19. The van der Waals surface area contributed by atoms with E-state index in [0.717, 1.165) is 24.0 Å². The molecule has 2 nitrogen and oxygen atoms in total. The molecule has 0 heterocycles. The van der Waals surface area contributed by atoms with E-state index in [1.165, 1.54) is 19.3 Å². The average Bonchev–Trinajstić information content (AvgIpc) is 2.23. The van der Waals surface area contributed by atoms with Crippen molar-refractivity contribution in [3.63, 3.8) is 0 Å². The van der Waals surface area contributed by atoms with E-state index >= 15 is 0 Å². The Balaban J connectivity index is 2.38. The zero-order valence-electron chi connectivity index (χ0n) is 9.29. The van der Waals surface area contributed by atoms with Crippen LogP contribution >= 0.6 is 0 Å². The van der Waals surface area contributed by atoms with Crippen LogP contribution in [0.15, 0.2) is 18.2 Å². The number of aryl methyl sites for hydroxylation is 1. The van der Waals surface area contributed by atoms with Crippen molar-refractivity contribution >= 4 is 0 Å².